The van der Waals surface area contributed by atoms with Crippen LogP contribution in [0.2, 0.25) is 0 Å². The molecule has 1 heterocycles. The number of carbonyl (C=O) groups is 1. The van der Waals surface area contributed by atoms with E-state index >= 15 is 0 Å². The molecular weight excluding hydrogens is 156 g/mol. The lowest BCUT2D eigenvalue weighted by Crippen LogP contribution is -2.07. The molecule has 1 rings (SSSR count). The van der Waals surface area contributed by atoms with Crippen LogP contribution < -0.4 is 5.73 Å². The largest absolute Gasteiger partial charge is 0.478 e. The first-order valence-electron chi connectivity index (χ1n) is 3.73. The van der Waals surface area contributed by atoms with Crippen LogP contribution in [0.5, 0.6) is 0 Å². The van der Waals surface area contributed by atoms with Gasteiger partial charge in [-0.3, -0.25) is 0 Å². The lowest BCUT2D eigenvalue weighted by molar-refractivity contribution is 0.0698. The second-order valence-corrected chi connectivity index (χ2v) is 2.92. The molecule has 0 aliphatic heterocycles. The maximum atomic E-state index is 10.6. The van der Waals surface area contributed by atoms with Gasteiger partial charge in [0, 0.05) is 12.2 Å². The Kier molecular flexibility index (Phi) is 2.08. The summed E-state index contributed by atoms with van der Waals surface area (Å²) in [5, 5.41) is 8.67. The number of aromatic carboxylic acids is 1. The van der Waals surface area contributed by atoms with Gasteiger partial charge in [-0.2, -0.15) is 0 Å². The van der Waals surface area contributed by atoms with E-state index in [1.54, 1.807) is 10.8 Å². The van der Waals surface area contributed by atoms with Crippen LogP contribution in [0.25, 0.3) is 0 Å². The van der Waals surface area contributed by atoms with E-state index < -0.39 is 5.97 Å². The smallest absolute Gasteiger partial charge is 0.339 e. The standard InChI is InChI=1S/C8H12N2O2/c1-5(2)10-4-3-6(7(10)9)8(11)12/h3-5H,9H2,1-2H3,(H,11,12). The molecule has 3 N–H and O–H groups in total. The minimum absolute atomic E-state index is 0.170. The average Bonchev–Trinajstić information content (AvgIpc) is 2.30. The molecule has 0 amide bonds. The zero-order valence-corrected chi connectivity index (χ0v) is 7.11. The first-order chi connectivity index (χ1) is 5.54. The number of anilines is 1. The van der Waals surface area contributed by atoms with Gasteiger partial charge in [0.2, 0.25) is 0 Å². The van der Waals surface area contributed by atoms with Crippen molar-refractivity contribution in [2.45, 2.75) is 19.9 Å². The van der Waals surface area contributed by atoms with E-state index in [4.69, 9.17) is 10.8 Å². The van der Waals surface area contributed by atoms with Crippen LogP contribution in [0.15, 0.2) is 12.3 Å². The summed E-state index contributed by atoms with van der Waals surface area (Å²) in [6.45, 7) is 3.89. The van der Waals surface area contributed by atoms with E-state index in [1.807, 2.05) is 13.8 Å². The normalized spacial score (nSPS) is 10.6. The van der Waals surface area contributed by atoms with Gasteiger partial charge in [0.15, 0.2) is 0 Å². The van der Waals surface area contributed by atoms with Crippen LogP contribution >= 0.6 is 0 Å². The first kappa shape index (κ1) is 8.64. The Labute approximate surface area is 70.6 Å². The summed E-state index contributed by atoms with van der Waals surface area (Å²) in [4.78, 5) is 10.6. The van der Waals surface area contributed by atoms with E-state index in [-0.39, 0.29) is 11.6 Å². The Morgan fingerprint density at radius 2 is 2.25 bits per heavy atom. The van der Waals surface area contributed by atoms with E-state index in [9.17, 15) is 4.79 Å². The van der Waals surface area contributed by atoms with Crippen molar-refractivity contribution in [2.75, 3.05) is 5.73 Å². The van der Waals surface area contributed by atoms with Crippen LogP contribution in [0, 0.1) is 0 Å². The first-order valence-corrected chi connectivity index (χ1v) is 3.73. The third-order valence-electron chi connectivity index (χ3n) is 1.74. The Bertz CT molecular complexity index is 302. The maximum Gasteiger partial charge on any atom is 0.339 e. The van der Waals surface area contributed by atoms with Gasteiger partial charge in [-0.1, -0.05) is 0 Å². The molecule has 4 nitrogen and oxygen atoms in total. The van der Waals surface area contributed by atoms with Crippen molar-refractivity contribution in [2.24, 2.45) is 0 Å². The fraction of sp³-hybridized carbons (Fsp3) is 0.375. The molecule has 0 saturated carbocycles. The van der Waals surface area contributed by atoms with Gasteiger partial charge in [-0.25, -0.2) is 4.79 Å². The summed E-state index contributed by atoms with van der Waals surface area (Å²) >= 11 is 0. The number of hydrogen-bond donors (Lipinski definition) is 2. The van der Waals surface area contributed by atoms with Crippen LogP contribution in [-0.4, -0.2) is 15.6 Å². The Balaban J connectivity index is 3.13. The molecule has 12 heavy (non-hydrogen) atoms. The van der Waals surface area contributed by atoms with Crippen LogP contribution in [0.3, 0.4) is 0 Å². The number of aromatic nitrogens is 1. The predicted molar refractivity (Wildman–Crippen MR) is 46.2 cm³/mol. The van der Waals surface area contributed by atoms with Crippen molar-refractivity contribution in [3.05, 3.63) is 17.8 Å². The highest BCUT2D eigenvalue weighted by molar-refractivity contribution is 5.92. The Hall–Kier alpha value is -1.45. The summed E-state index contributed by atoms with van der Waals surface area (Å²) in [5.41, 5.74) is 5.76. The van der Waals surface area contributed by atoms with E-state index in [1.165, 1.54) is 6.07 Å². The van der Waals surface area contributed by atoms with Crippen molar-refractivity contribution < 1.29 is 9.90 Å². The molecule has 0 spiro atoms. The Morgan fingerprint density at radius 3 is 2.50 bits per heavy atom. The number of nitrogens with zero attached hydrogens (tertiary/aromatic N) is 1. The summed E-state index contributed by atoms with van der Waals surface area (Å²) in [5.74, 6) is -0.663. The lowest BCUT2D eigenvalue weighted by Gasteiger charge is -2.09. The van der Waals surface area contributed by atoms with E-state index in [2.05, 4.69) is 0 Å². The molecule has 66 valence electrons. The molecular formula is C8H12N2O2. The number of hydrogen-bond acceptors (Lipinski definition) is 2. The summed E-state index contributed by atoms with van der Waals surface area (Å²) in [6.07, 6.45) is 1.68. The molecule has 0 aliphatic carbocycles. The molecule has 0 bridgehead atoms. The third-order valence-corrected chi connectivity index (χ3v) is 1.74. The number of carboxylic acids is 1. The number of rotatable bonds is 2. The Morgan fingerprint density at radius 1 is 1.67 bits per heavy atom. The molecule has 0 atom stereocenters. The lowest BCUT2D eigenvalue weighted by atomic mass is 10.3. The summed E-state index contributed by atoms with van der Waals surface area (Å²) < 4.78 is 1.73. The quantitative estimate of drug-likeness (QED) is 0.700. The average molecular weight is 168 g/mol. The predicted octanol–water partition coefficient (Wildman–Crippen LogP) is 1.35. The van der Waals surface area contributed by atoms with Gasteiger partial charge in [0.25, 0.3) is 0 Å². The zero-order chi connectivity index (χ0) is 9.30. The minimum Gasteiger partial charge on any atom is -0.478 e. The third kappa shape index (κ3) is 1.28. The second kappa shape index (κ2) is 2.89. The van der Waals surface area contributed by atoms with Gasteiger partial charge in [0.05, 0.1) is 0 Å². The highest BCUT2D eigenvalue weighted by Crippen LogP contribution is 2.18. The van der Waals surface area contributed by atoms with E-state index in [0.717, 1.165) is 0 Å². The topological polar surface area (TPSA) is 68.2 Å². The molecule has 0 aliphatic rings. The zero-order valence-electron chi connectivity index (χ0n) is 7.11. The van der Waals surface area contributed by atoms with Crippen LogP contribution in [0.1, 0.15) is 30.2 Å². The molecule has 0 fully saturated rings. The van der Waals surface area contributed by atoms with Gasteiger partial charge < -0.3 is 15.4 Å². The van der Waals surface area contributed by atoms with Gasteiger partial charge >= 0.3 is 5.97 Å². The monoisotopic (exact) mass is 168 g/mol. The molecule has 0 aromatic carbocycles. The van der Waals surface area contributed by atoms with Crippen molar-refractivity contribution >= 4 is 11.8 Å². The minimum atomic E-state index is -0.980. The second-order valence-electron chi connectivity index (χ2n) is 2.92. The van der Waals surface area contributed by atoms with Crippen molar-refractivity contribution in [1.82, 2.24) is 4.57 Å². The highest BCUT2D eigenvalue weighted by atomic mass is 16.4. The molecule has 1 aromatic rings. The summed E-state index contributed by atoms with van der Waals surface area (Å²) in [7, 11) is 0. The molecule has 1 aromatic heterocycles. The number of nitrogen functional groups attached to an aromatic ring is 1. The summed E-state index contributed by atoms with van der Waals surface area (Å²) in [6, 6.07) is 1.70. The van der Waals surface area contributed by atoms with Crippen molar-refractivity contribution in [3.8, 4) is 0 Å². The van der Waals surface area contributed by atoms with Gasteiger partial charge in [0.1, 0.15) is 11.4 Å². The molecule has 0 unspecified atom stereocenters. The fourth-order valence-electron chi connectivity index (χ4n) is 1.09. The van der Waals surface area contributed by atoms with Gasteiger partial charge in [-0.05, 0) is 19.9 Å². The molecule has 4 heteroatoms. The highest BCUT2D eigenvalue weighted by Gasteiger charge is 2.12. The van der Waals surface area contributed by atoms with E-state index in [0.29, 0.717) is 5.82 Å². The molecule has 0 radical (unpaired) electrons. The van der Waals surface area contributed by atoms with Crippen LogP contribution in [0.4, 0.5) is 5.82 Å². The fourth-order valence-corrected chi connectivity index (χ4v) is 1.09. The van der Waals surface area contributed by atoms with Gasteiger partial charge in [-0.15, -0.1) is 0 Å². The number of carboxylic acid groups (broad SMARTS) is 1. The van der Waals surface area contributed by atoms with Crippen molar-refractivity contribution in [1.29, 1.82) is 0 Å². The molecule has 0 saturated heterocycles. The van der Waals surface area contributed by atoms with Crippen LogP contribution in [-0.2, 0) is 0 Å². The SMILES string of the molecule is CC(C)n1ccc(C(=O)O)c1N. The maximum absolute atomic E-state index is 10.6. The number of nitrogens with two attached hydrogens (primary N) is 1. The van der Waals surface area contributed by atoms with Crippen molar-refractivity contribution in [3.63, 3.8) is 0 Å².